The number of carbonyl (C=O) groups excluding carboxylic acids is 3. The summed E-state index contributed by atoms with van der Waals surface area (Å²) in [6.07, 6.45) is -0.118. The van der Waals surface area contributed by atoms with Crippen molar-refractivity contribution < 1.29 is 37.0 Å². The van der Waals surface area contributed by atoms with Gasteiger partial charge >= 0.3 is 12.1 Å². The van der Waals surface area contributed by atoms with Crippen LogP contribution in [0.15, 0.2) is 65.6 Å². The molecule has 2 aromatic heterocycles. The molecule has 1 atom stereocenters. The summed E-state index contributed by atoms with van der Waals surface area (Å²) in [5, 5.41) is 0.585. The molecule has 1 saturated heterocycles. The number of fused-ring (bicyclic) bond motifs is 3. The number of pyridine rings is 1. The van der Waals surface area contributed by atoms with Gasteiger partial charge in [-0.2, -0.15) is 4.31 Å². The number of ether oxygens (including phenoxy) is 3. The zero-order valence-corrected chi connectivity index (χ0v) is 30.9. The monoisotopic (exact) mass is 735 g/mol. The predicted molar refractivity (Wildman–Crippen MR) is 191 cm³/mol. The molecule has 13 nitrogen and oxygen atoms in total. The summed E-state index contributed by atoms with van der Waals surface area (Å²) < 4.78 is 45.9. The van der Waals surface area contributed by atoms with Gasteiger partial charge in [0.25, 0.3) is 0 Å². The molecule has 51 heavy (non-hydrogen) atoms. The van der Waals surface area contributed by atoms with E-state index in [0.717, 1.165) is 5.56 Å². The van der Waals surface area contributed by atoms with E-state index in [2.05, 4.69) is 9.97 Å². The van der Waals surface area contributed by atoms with Crippen LogP contribution in [0.4, 0.5) is 10.5 Å². The SMILES string of the molecule is COC(=O)N1CC[C@@]2(C1)CN(C(=O)Cc1nc3ccc(OC)nc3s1)c1ccc(S(=O)(=O)N(CCC(=O)OC(C)(C)C)Cc3ccccc3)cc12. The number of rotatable bonds is 10. The largest absolute Gasteiger partial charge is 0.481 e. The highest BCUT2D eigenvalue weighted by Crippen LogP contribution is 2.48. The van der Waals surface area contributed by atoms with Crippen molar-refractivity contribution >= 4 is 55.4 Å². The van der Waals surface area contributed by atoms with Crippen LogP contribution in [0.2, 0.25) is 0 Å². The Morgan fingerprint density at radius 2 is 1.76 bits per heavy atom. The number of nitrogens with zero attached hydrogens (tertiary/aromatic N) is 5. The summed E-state index contributed by atoms with van der Waals surface area (Å²) in [5.74, 6) is -0.266. The van der Waals surface area contributed by atoms with Crippen molar-refractivity contribution in [2.75, 3.05) is 45.3 Å². The Kier molecular flexibility index (Phi) is 10.1. The maximum atomic E-state index is 14.4. The smallest absolute Gasteiger partial charge is 0.409 e. The molecule has 270 valence electrons. The topological polar surface area (TPSA) is 149 Å². The van der Waals surface area contributed by atoms with Gasteiger partial charge in [0.05, 0.1) is 32.0 Å². The molecule has 6 rings (SSSR count). The van der Waals surface area contributed by atoms with E-state index in [1.807, 2.05) is 30.3 Å². The average molecular weight is 736 g/mol. The maximum absolute atomic E-state index is 14.4. The third-order valence-corrected chi connectivity index (χ3v) is 11.8. The number of aromatic nitrogens is 2. The second-order valence-corrected chi connectivity index (χ2v) is 16.7. The molecule has 2 amide bonds. The van der Waals surface area contributed by atoms with Gasteiger partial charge < -0.3 is 24.0 Å². The summed E-state index contributed by atoms with van der Waals surface area (Å²) in [7, 11) is -1.31. The van der Waals surface area contributed by atoms with E-state index in [-0.39, 0.29) is 49.8 Å². The molecular weight excluding hydrogens is 695 g/mol. The van der Waals surface area contributed by atoms with E-state index in [4.69, 9.17) is 14.2 Å². The van der Waals surface area contributed by atoms with Crippen LogP contribution >= 0.6 is 11.3 Å². The fourth-order valence-electron chi connectivity index (χ4n) is 6.63. The molecule has 0 aliphatic carbocycles. The number of hydrogen-bond acceptors (Lipinski definition) is 11. The first kappa shape index (κ1) is 36.2. The van der Waals surface area contributed by atoms with Crippen molar-refractivity contribution in [1.29, 1.82) is 0 Å². The Morgan fingerprint density at radius 1 is 1.00 bits per heavy atom. The van der Waals surface area contributed by atoms with E-state index in [1.165, 1.54) is 35.9 Å². The van der Waals surface area contributed by atoms with Crippen LogP contribution in [0, 0.1) is 0 Å². The Morgan fingerprint density at radius 3 is 2.47 bits per heavy atom. The van der Waals surface area contributed by atoms with E-state index in [1.54, 1.807) is 54.8 Å². The van der Waals surface area contributed by atoms with Crippen molar-refractivity contribution in [3.05, 3.63) is 76.8 Å². The molecule has 0 bridgehead atoms. The summed E-state index contributed by atoms with van der Waals surface area (Å²) in [5.41, 5.74) is 1.21. The van der Waals surface area contributed by atoms with Gasteiger partial charge in [0.2, 0.25) is 21.8 Å². The molecule has 1 fully saturated rings. The highest BCUT2D eigenvalue weighted by molar-refractivity contribution is 7.89. The van der Waals surface area contributed by atoms with Crippen molar-refractivity contribution in [3.63, 3.8) is 0 Å². The van der Waals surface area contributed by atoms with E-state index < -0.39 is 33.1 Å². The van der Waals surface area contributed by atoms with Crippen LogP contribution in [0.1, 0.15) is 49.7 Å². The number of hydrogen-bond donors (Lipinski definition) is 0. The van der Waals surface area contributed by atoms with Crippen molar-refractivity contribution in [2.24, 2.45) is 0 Å². The van der Waals surface area contributed by atoms with Gasteiger partial charge in [-0.1, -0.05) is 41.7 Å². The van der Waals surface area contributed by atoms with Gasteiger partial charge in [-0.3, -0.25) is 9.59 Å². The molecule has 0 N–H and O–H groups in total. The van der Waals surface area contributed by atoms with Gasteiger partial charge in [-0.25, -0.2) is 23.2 Å². The summed E-state index contributed by atoms with van der Waals surface area (Å²) in [6.45, 7) is 6.10. The fourth-order valence-corrected chi connectivity index (χ4v) is 9.00. The van der Waals surface area contributed by atoms with Crippen molar-refractivity contribution in [3.8, 4) is 5.88 Å². The number of esters is 1. The minimum absolute atomic E-state index is 0.00907. The van der Waals surface area contributed by atoms with E-state index in [0.29, 0.717) is 45.5 Å². The third kappa shape index (κ3) is 7.70. The summed E-state index contributed by atoms with van der Waals surface area (Å²) >= 11 is 1.31. The predicted octanol–water partition coefficient (Wildman–Crippen LogP) is 4.92. The quantitative estimate of drug-likeness (QED) is 0.206. The van der Waals surface area contributed by atoms with Gasteiger partial charge in [-0.05, 0) is 62.6 Å². The molecule has 2 aliphatic heterocycles. The highest BCUT2D eigenvalue weighted by atomic mass is 32.2. The molecule has 15 heteroatoms. The minimum atomic E-state index is -4.16. The molecule has 4 aromatic rings. The Labute approximate surface area is 301 Å². The van der Waals surface area contributed by atoms with Crippen molar-refractivity contribution in [2.45, 2.75) is 62.5 Å². The number of anilines is 1. The molecule has 2 aromatic carbocycles. The lowest BCUT2D eigenvalue weighted by Crippen LogP contribution is -2.40. The van der Waals surface area contributed by atoms with Crippen LogP contribution in [0.25, 0.3) is 10.3 Å². The second-order valence-electron chi connectivity index (χ2n) is 13.7. The average Bonchev–Trinajstić information content (AvgIpc) is 3.80. The highest BCUT2D eigenvalue weighted by Gasteiger charge is 2.50. The van der Waals surface area contributed by atoms with Crippen LogP contribution in [-0.4, -0.2) is 91.6 Å². The molecule has 1 spiro atoms. The lowest BCUT2D eigenvalue weighted by molar-refractivity contribution is -0.154. The third-order valence-electron chi connectivity index (χ3n) is 8.99. The van der Waals surface area contributed by atoms with Crippen molar-refractivity contribution in [1.82, 2.24) is 19.2 Å². The molecular formula is C36H41N5O8S2. The first-order valence-electron chi connectivity index (χ1n) is 16.6. The summed E-state index contributed by atoms with van der Waals surface area (Å²) in [4.78, 5) is 52.3. The number of sulfonamides is 1. The zero-order chi connectivity index (χ0) is 36.6. The van der Waals surface area contributed by atoms with E-state index in [9.17, 15) is 22.8 Å². The lowest BCUT2D eigenvalue weighted by Gasteiger charge is -2.26. The number of likely N-dealkylation sites (tertiary alicyclic amines) is 1. The number of benzene rings is 2. The van der Waals surface area contributed by atoms with Gasteiger partial charge in [0.1, 0.15) is 21.0 Å². The van der Waals surface area contributed by atoms with Crippen LogP contribution in [0.5, 0.6) is 5.88 Å². The summed E-state index contributed by atoms with van der Waals surface area (Å²) in [6, 6.07) is 17.5. The first-order valence-corrected chi connectivity index (χ1v) is 18.8. The van der Waals surface area contributed by atoms with Crippen LogP contribution in [-0.2, 0) is 47.5 Å². The standard InChI is InChI=1S/C36H41N5O8S2/c1-35(2,3)49-32(43)15-17-40(21-24-9-7-6-8-10-24)51(45,46)25-11-13-28-26(19-25)36(16-18-39(22-36)34(44)48-5)23-41(28)31(42)20-30-37-27-12-14-29(47-4)38-33(27)50-30/h6-14,19H,15-18,20-23H2,1-5H3/t36-/m1/s1. The van der Waals surface area contributed by atoms with Gasteiger partial charge in [-0.15, -0.1) is 0 Å². The molecule has 2 aliphatic rings. The molecule has 0 saturated carbocycles. The fraction of sp³-hybridized carbons (Fsp3) is 0.417. The maximum Gasteiger partial charge on any atom is 0.409 e. The first-order chi connectivity index (χ1) is 24.2. The number of thiazole rings is 1. The minimum Gasteiger partial charge on any atom is -0.481 e. The second kappa shape index (κ2) is 14.2. The van der Waals surface area contributed by atoms with Gasteiger partial charge in [0.15, 0.2) is 0 Å². The Hall–Kier alpha value is -4.60. The normalized spacial score (nSPS) is 17.3. The van der Waals surface area contributed by atoms with Crippen LogP contribution < -0.4 is 9.64 Å². The number of methoxy groups -OCH3 is 2. The van der Waals surface area contributed by atoms with Crippen LogP contribution in [0.3, 0.4) is 0 Å². The molecule has 0 unspecified atom stereocenters. The zero-order valence-electron chi connectivity index (χ0n) is 29.2. The Balaban J connectivity index is 1.34. The molecule has 0 radical (unpaired) electrons. The number of amides is 2. The van der Waals surface area contributed by atoms with Gasteiger partial charge in [0, 0.05) is 49.9 Å². The molecule has 4 heterocycles. The van der Waals surface area contributed by atoms with E-state index >= 15 is 0 Å². The number of carbonyl (C=O) groups is 3. The Bertz CT molecular complexity index is 2060. The lowest BCUT2D eigenvalue weighted by atomic mass is 9.81.